The van der Waals surface area contributed by atoms with Gasteiger partial charge in [0.25, 0.3) is 0 Å². The summed E-state index contributed by atoms with van der Waals surface area (Å²) in [6.45, 7) is 10.9. The molecule has 1 saturated carbocycles. The molecule has 1 aliphatic carbocycles. The Bertz CT molecular complexity index is 335. The largest absolute Gasteiger partial charge is 0.355 e. The summed E-state index contributed by atoms with van der Waals surface area (Å²) in [6, 6.07) is 1.48. The quantitative estimate of drug-likeness (QED) is 0.405. The first-order valence-electron chi connectivity index (χ1n) is 8.44. The van der Waals surface area contributed by atoms with Crippen molar-refractivity contribution in [2.45, 2.75) is 64.1 Å². The Kier molecular flexibility index (Phi) is 5.88. The van der Waals surface area contributed by atoms with E-state index >= 15 is 0 Å². The van der Waals surface area contributed by atoms with Gasteiger partial charge in [0.15, 0.2) is 5.96 Å². The lowest BCUT2D eigenvalue weighted by Gasteiger charge is -2.33. The van der Waals surface area contributed by atoms with Crippen LogP contribution in [0.15, 0.2) is 4.99 Å². The molecule has 0 bridgehead atoms. The summed E-state index contributed by atoms with van der Waals surface area (Å²) in [4.78, 5) is 6.99. The van der Waals surface area contributed by atoms with Crippen molar-refractivity contribution >= 4 is 5.96 Å². The van der Waals surface area contributed by atoms with E-state index in [1.54, 1.807) is 0 Å². The van der Waals surface area contributed by atoms with Crippen LogP contribution in [-0.4, -0.2) is 61.7 Å². The number of guanidine groups is 1. The second kappa shape index (κ2) is 7.45. The number of hydrogen-bond acceptors (Lipinski definition) is 3. The lowest BCUT2D eigenvalue weighted by molar-refractivity contribution is 0.197. The van der Waals surface area contributed by atoms with E-state index in [0.29, 0.717) is 6.04 Å². The maximum atomic E-state index is 4.34. The van der Waals surface area contributed by atoms with Crippen LogP contribution in [0, 0.1) is 0 Å². The van der Waals surface area contributed by atoms with Crippen LogP contribution >= 0.6 is 0 Å². The number of nitrogens with one attached hydrogen (secondary N) is 3. The molecule has 3 N–H and O–H groups in total. The van der Waals surface area contributed by atoms with E-state index in [1.807, 2.05) is 7.05 Å². The van der Waals surface area contributed by atoms with Gasteiger partial charge in [0, 0.05) is 50.8 Å². The Hall–Kier alpha value is -0.810. The molecule has 0 aromatic heterocycles. The molecule has 0 radical (unpaired) electrons. The van der Waals surface area contributed by atoms with E-state index in [0.717, 1.165) is 25.1 Å². The molecule has 0 unspecified atom stereocenters. The molecule has 122 valence electrons. The Morgan fingerprint density at radius 1 is 1.10 bits per heavy atom. The highest BCUT2D eigenvalue weighted by atomic mass is 15.2. The maximum absolute atomic E-state index is 4.34. The number of likely N-dealkylation sites (tertiary alicyclic amines) is 1. The Balaban J connectivity index is 1.61. The summed E-state index contributed by atoms with van der Waals surface area (Å²) in [5, 5.41) is 10.4. The summed E-state index contributed by atoms with van der Waals surface area (Å²) >= 11 is 0. The molecule has 21 heavy (non-hydrogen) atoms. The van der Waals surface area contributed by atoms with Crippen LogP contribution in [0.1, 0.15) is 46.5 Å². The van der Waals surface area contributed by atoms with Gasteiger partial charge >= 0.3 is 0 Å². The molecule has 5 nitrogen and oxygen atoms in total. The summed E-state index contributed by atoms with van der Waals surface area (Å²) in [5.41, 5.74) is 0.175. The molecule has 0 atom stereocenters. The number of aliphatic imine (C=N–C) groups is 1. The lowest BCUT2D eigenvalue weighted by atomic mass is 10.1. The Morgan fingerprint density at radius 2 is 1.76 bits per heavy atom. The zero-order valence-electron chi connectivity index (χ0n) is 14.2. The zero-order chi connectivity index (χ0) is 15.3. The highest BCUT2D eigenvalue weighted by Gasteiger charge is 2.31. The third kappa shape index (κ3) is 6.22. The van der Waals surface area contributed by atoms with E-state index in [-0.39, 0.29) is 5.54 Å². The maximum Gasteiger partial charge on any atom is 0.191 e. The van der Waals surface area contributed by atoms with Crippen LogP contribution in [0.2, 0.25) is 0 Å². The molecule has 2 rings (SSSR count). The second-order valence-electron chi connectivity index (χ2n) is 7.36. The average molecular weight is 295 g/mol. The minimum atomic E-state index is 0.175. The topological polar surface area (TPSA) is 51.7 Å². The fraction of sp³-hybridized carbons (Fsp3) is 0.938. The van der Waals surface area contributed by atoms with E-state index < -0.39 is 0 Å². The fourth-order valence-corrected chi connectivity index (χ4v) is 2.86. The fourth-order valence-electron chi connectivity index (χ4n) is 2.86. The van der Waals surface area contributed by atoms with Crippen LogP contribution in [-0.2, 0) is 0 Å². The minimum Gasteiger partial charge on any atom is -0.355 e. The van der Waals surface area contributed by atoms with E-state index in [9.17, 15) is 0 Å². The van der Waals surface area contributed by atoms with Gasteiger partial charge in [0.2, 0.25) is 0 Å². The van der Waals surface area contributed by atoms with Crippen LogP contribution in [0.25, 0.3) is 0 Å². The SMILES string of the molecule is CN=C(NCCNC(C)(C)C)NC1CCN(C2CC2)CC1. The molecule has 1 aliphatic heterocycles. The molecular formula is C16H33N5. The highest BCUT2D eigenvalue weighted by molar-refractivity contribution is 5.79. The first-order chi connectivity index (χ1) is 9.98. The molecule has 2 fully saturated rings. The molecule has 1 saturated heterocycles. The van der Waals surface area contributed by atoms with Gasteiger partial charge in [0.1, 0.15) is 0 Å². The number of piperidine rings is 1. The highest BCUT2D eigenvalue weighted by Crippen LogP contribution is 2.29. The minimum absolute atomic E-state index is 0.175. The summed E-state index contributed by atoms with van der Waals surface area (Å²) in [5.74, 6) is 0.940. The van der Waals surface area contributed by atoms with Crippen molar-refractivity contribution in [3.8, 4) is 0 Å². The Morgan fingerprint density at radius 3 is 2.29 bits per heavy atom. The predicted octanol–water partition coefficient (Wildman–Crippen LogP) is 1.17. The summed E-state index contributed by atoms with van der Waals surface area (Å²) < 4.78 is 0. The van der Waals surface area contributed by atoms with Gasteiger partial charge in [-0.2, -0.15) is 0 Å². The van der Waals surface area contributed by atoms with Crippen molar-refractivity contribution in [1.82, 2.24) is 20.9 Å². The van der Waals surface area contributed by atoms with E-state index in [4.69, 9.17) is 0 Å². The monoisotopic (exact) mass is 295 g/mol. The van der Waals surface area contributed by atoms with E-state index in [1.165, 1.54) is 38.8 Å². The number of hydrogen-bond donors (Lipinski definition) is 3. The van der Waals surface area contributed by atoms with Gasteiger partial charge < -0.3 is 20.9 Å². The van der Waals surface area contributed by atoms with Crippen LogP contribution in [0.3, 0.4) is 0 Å². The lowest BCUT2D eigenvalue weighted by Crippen LogP contribution is -2.50. The first kappa shape index (κ1) is 16.6. The molecular weight excluding hydrogens is 262 g/mol. The third-order valence-electron chi connectivity index (χ3n) is 4.23. The van der Waals surface area contributed by atoms with Gasteiger partial charge in [-0.05, 0) is 46.5 Å². The van der Waals surface area contributed by atoms with Crippen LogP contribution < -0.4 is 16.0 Å². The predicted molar refractivity (Wildman–Crippen MR) is 89.9 cm³/mol. The van der Waals surface area contributed by atoms with Crippen molar-refractivity contribution in [2.75, 3.05) is 33.2 Å². The standard InChI is InChI=1S/C16H33N5/c1-16(2,3)19-10-9-18-15(17-4)20-13-7-11-21(12-8-13)14-5-6-14/h13-14,19H,5-12H2,1-4H3,(H2,17,18,20). The van der Waals surface area contributed by atoms with Crippen molar-refractivity contribution < 1.29 is 0 Å². The molecule has 2 aliphatic rings. The van der Waals surface area contributed by atoms with Gasteiger partial charge in [-0.1, -0.05) is 0 Å². The van der Waals surface area contributed by atoms with Crippen molar-refractivity contribution in [1.29, 1.82) is 0 Å². The molecule has 0 aromatic rings. The summed E-state index contributed by atoms with van der Waals surface area (Å²) in [7, 11) is 1.85. The van der Waals surface area contributed by atoms with Crippen LogP contribution in [0.5, 0.6) is 0 Å². The van der Waals surface area contributed by atoms with Gasteiger partial charge in [-0.15, -0.1) is 0 Å². The summed E-state index contributed by atoms with van der Waals surface area (Å²) in [6.07, 6.45) is 5.30. The Labute approximate surface area is 130 Å². The van der Waals surface area contributed by atoms with Gasteiger partial charge in [0.05, 0.1) is 0 Å². The molecule has 1 heterocycles. The van der Waals surface area contributed by atoms with Crippen molar-refractivity contribution in [3.63, 3.8) is 0 Å². The van der Waals surface area contributed by atoms with Crippen molar-refractivity contribution in [2.24, 2.45) is 4.99 Å². The van der Waals surface area contributed by atoms with Crippen LogP contribution in [0.4, 0.5) is 0 Å². The normalized spacial score (nSPS) is 22.4. The molecule has 0 spiro atoms. The molecule has 5 heteroatoms. The van der Waals surface area contributed by atoms with Crippen molar-refractivity contribution in [3.05, 3.63) is 0 Å². The zero-order valence-corrected chi connectivity index (χ0v) is 14.2. The number of rotatable bonds is 5. The van der Waals surface area contributed by atoms with Gasteiger partial charge in [-0.25, -0.2) is 0 Å². The van der Waals surface area contributed by atoms with Gasteiger partial charge in [-0.3, -0.25) is 4.99 Å². The smallest absolute Gasteiger partial charge is 0.191 e. The molecule has 0 aromatic carbocycles. The molecule has 0 amide bonds. The van der Waals surface area contributed by atoms with E-state index in [2.05, 4.69) is 46.6 Å². The first-order valence-corrected chi connectivity index (χ1v) is 8.44. The average Bonchev–Trinajstić information content (AvgIpc) is 3.26. The second-order valence-corrected chi connectivity index (χ2v) is 7.36. The third-order valence-corrected chi connectivity index (χ3v) is 4.23. The number of nitrogens with zero attached hydrogens (tertiary/aromatic N) is 2.